The van der Waals surface area contributed by atoms with E-state index in [1.165, 1.54) is 24.3 Å². The molecule has 114 valence electrons. The van der Waals surface area contributed by atoms with Crippen molar-refractivity contribution in [3.8, 4) is 0 Å². The number of carboxylic acid groups (broad SMARTS) is 3. The lowest BCUT2D eigenvalue weighted by atomic mass is 10.1. The average molecular weight is 302 g/mol. The predicted molar refractivity (Wildman–Crippen MR) is 78.5 cm³/mol. The molecule has 0 aliphatic heterocycles. The van der Waals surface area contributed by atoms with Crippen LogP contribution in [0.5, 0.6) is 0 Å². The van der Waals surface area contributed by atoms with Crippen LogP contribution in [-0.4, -0.2) is 33.2 Å². The monoisotopic (exact) mass is 302 g/mol. The van der Waals surface area contributed by atoms with E-state index in [0.29, 0.717) is 5.56 Å². The molecule has 0 aliphatic carbocycles. The fourth-order valence-corrected chi connectivity index (χ4v) is 1.55. The summed E-state index contributed by atoms with van der Waals surface area (Å²) in [5, 5.41) is 25.6. The molecule has 0 aromatic heterocycles. The first-order valence-electron chi connectivity index (χ1n) is 6.18. The highest BCUT2D eigenvalue weighted by molar-refractivity contribution is 6.01. The van der Waals surface area contributed by atoms with E-state index in [1.54, 1.807) is 24.3 Å². The lowest BCUT2D eigenvalue weighted by Crippen LogP contribution is -2.06. The first-order chi connectivity index (χ1) is 10.3. The van der Waals surface area contributed by atoms with Crippen molar-refractivity contribution in [2.75, 3.05) is 0 Å². The van der Waals surface area contributed by atoms with Gasteiger partial charge in [-0.25, -0.2) is 14.4 Å². The molecule has 2 rings (SSSR count). The number of carbonyl (C=O) groups is 3. The summed E-state index contributed by atoms with van der Waals surface area (Å²) < 4.78 is 0. The van der Waals surface area contributed by atoms with Gasteiger partial charge in [0.25, 0.3) is 0 Å². The summed E-state index contributed by atoms with van der Waals surface area (Å²) in [7, 11) is 0. The van der Waals surface area contributed by atoms with Crippen molar-refractivity contribution in [2.45, 2.75) is 6.92 Å². The molecule has 2 aromatic carbocycles. The van der Waals surface area contributed by atoms with E-state index < -0.39 is 17.9 Å². The lowest BCUT2D eigenvalue weighted by Gasteiger charge is -1.98. The minimum absolute atomic E-state index is 0.190. The van der Waals surface area contributed by atoms with Gasteiger partial charge in [0.2, 0.25) is 0 Å². The number of hydrogen-bond donors (Lipinski definition) is 3. The Balaban J connectivity index is 0.000000224. The molecule has 3 N–H and O–H groups in total. The van der Waals surface area contributed by atoms with Crippen LogP contribution >= 0.6 is 0 Å². The van der Waals surface area contributed by atoms with Crippen LogP contribution in [-0.2, 0) is 0 Å². The minimum Gasteiger partial charge on any atom is -0.478 e. The summed E-state index contributed by atoms with van der Waals surface area (Å²) in [4.78, 5) is 31.2. The second-order valence-electron chi connectivity index (χ2n) is 4.33. The second kappa shape index (κ2) is 7.58. The zero-order valence-corrected chi connectivity index (χ0v) is 11.7. The highest BCUT2D eigenvalue weighted by Gasteiger charge is 2.13. The SMILES string of the molecule is Cc1ccc(C(=O)O)cc1.O=C(O)c1ccccc1C(=O)O. The van der Waals surface area contributed by atoms with Gasteiger partial charge in [0.15, 0.2) is 0 Å². The fraction of sp³-hybridized carbons (Fsp3) is 0.0625. The van der Waals surface area contributed by atoms with Gasteiger partial charge < -0.3 is 15.3 Å². The van der Waals surface area contributed by atoms with E-state index in [2.05, 4.69) is 0 Å². The maximum absolute atomic E-state index is 10.5. The molecule has 0 saturated carbocycles. The van der Waals surface area contributed by atoms with Crippen molar-refractivity contribution >= 4 is 17.9 Å². The summed E-state index contributed by atoms with van der Waals surface area (Å²) in [5.74, 6) is -3.33. The van der Waals surface area contributed by atoms with E-state index in [9.17, 15) is 14.4 Å². The van der Waals surface area contributed by atoms with Crippen molar-refractivity contribution in [2.24, 2.45) is 0 Å². The van der Waals surface area contributed by atoms with E-state index in [-0.39, 0.29) is 11.1 Å². The minimum atomic E-state index is -1.23. The number of benzene rings is 2. The van der Waals surface area contributed by atoms with Crippen molar-refractivity contribution in [3.05, 3.63) is 70.8 Å². The molecule has 6 heteroatoms. The third kappa shape index (κ3) is 4.75. The van der Waals surface area contributed by atoms with Crippen LogP contribution < -0.4 is 0 Å². The Kier molecular flexibility index (Phi) is 5.83. The smallest absolute Gasteiger partial charge is 0.336 e. The molecule has 0 heterocycles. The number of rotatable bonds is 3. The van der Waals surface area contributed by atoms with Crippen LogP contribution in [0.25, 0.3) is 0 Å². The van der Waals surface area contributed by atoms with Gasteiger partial charge in [-0.3, -0.25) is 0 Å². The predicted octanol–water partition coefficient (Wildman–Crippen LogP) is 2.78. The molecule has 0 saturated heterocycles. The summed E-state index contributed by atoms with van der Waals surface area (Å²) in [6.07, 6.45) is 0. The Bertz CT molecular complexity index is 655. The normalized spacial score (nSPS) is 9.32. The quantitative estimate of drug-likeness (QED) is 0.803. The van der Waals surface area contributed by atoms with Gasteiger partial charge in [-0.05, 0) is 31.2 Å². The van der Waals surface area contributed by atoms with Gasteiger partial charge in [0.1, 0.15) is 0 Å². The first-order valence-corrected chi connectivity index (χ1v) is 6.18. The Labute approximate surface area is 126 Å². The van der Waals surface area contributed by atoms with Crippen LogP contribution in [0.3, 0.4) is 0 Å². The maximum Gasteiger partial charge on any atom is 0.336 e. The zero-order chi connectivity index (χ0) is 16.7. The van der Waals surface area contributed by atoms with Crippen molar-refractivity contribution in [1.29, 1.82) is 0 Å². The highest BCUT2D eigenvalue weighted by Crippen LogP contribution is 2.07. The Morgan fingerprint density at radius 1 is 0.682 bits per heavy atom. The molecule has 22 heavy (non-hydrogen) atoms. The van der Waals surface area contributed by atoms with E-state index in [1.807, 2.05) is 6.92 Å². The van der Waals surface area contributed by atoms with E-state index >= 15 is 0 Å². The molecule has 0 unspecified atom stereocenters. The van der Waals surface area contributed by atoms with Crippen LogP contribution in [0.1, 0.15) is 36.6 Å². The van der Waals surface area contributed by atoms with Gasteiger partial charge in [0, 0.05) is 0 Å². The second-order valence-corrected chi connectivity index (χ2v) is 4.33. The molecule has 0 spiro atoms. The van der Waals surface area contributed by atoms with Crippen molar-refractivity contribution in [1.82, 2.24) is 0 Å². The number of hydrogen-bond acceptors (Lipinski definition) is 3. The van der Waals surface area contributed by atoms with Crippen LogP contribution in [0, 0.1) is 6.92 Å². The van der Waals surface area contributed by atoms with E-state index in [4.69, 9.17) is 15.3 Å². The fourth-order valence-electron chi connectivity index (χ4n) is 1.55. The molecule has 0 bridgehead atoms. The number of aryl methyl sites for hydroxylation is 1. The van der Waals surface area contributed by atoms with Crippen molar-refractivity contribution < 1.29 is 29.7 Å². The maximum atomic E-state index is 10.5. The van der Waals surface area contributed by atoms with Crippen molar-refractivity contribution in [3.63, 3.8) is 0 Å². The van der Waals surface area contributed by atoms with Gasteiger partial charge >= 0.3 is 17.9 Å². The highest BCUT2D eigenvalue weighted by atomic mass is 16.4. The molecule has 0 aliphatic rings. The third-order valence-electron chi connectivity index (χ3n) is 2.69. The van der Waals surface area contributed by atoms with Gasteiger partial charge in [-0.1, -0.05) is 29.8 Å². The molecule has 6 nitrogen and oxygen atoms in total. The lowest BCUT2D eigenvalue weighted by molar-refractivity contribution is 0.0651. The van der Waals surface area contributed by atoms with Crippen LogP contribution in [0.15, 0.2) is 48.5 Å². The Hall–Kier alpha value is -3.15. The first kappa shape index (κ1) is 16.9. The number of aromatic carboxylic acids is 3. The molecule has 0 amide bonds. The largest absolute Gasteiger partial charge is 0.478 e. The Morgan fingerprint density at radius 2 is 1.09 bits per heavy atom. The standard InChI is InChI=1S/C8H6O4.C8H8O2/c9-7(10)5-3-1-2-4-6(5)8(11)12;1-6-2-4-7(5-3-6)8(9)10/h1-4H,(H,9,10)(H,11,12);2-5H,1H3,(H,9,10). The third-order valence-corrected chi connectivity index (χ3v) is 2.69. The summed E-state index contributed by atoms with van der Waals surface area (Å²) in [6, 6.07) is 12.2. The van der Waals surface area contributed by atoms with E-state index in [0.717, 1.165) is 5.56 Å². The molecular formula is C16H14O6. The molecule has 0 radical (unpaired) electrons. The topological polar surface area (TPSA) is 112 Å². The average Bonchev–Trinajstić information content (AvgIpc) is 2.48. The van der Waals surface area contributed by atoms with Crippen LogP contribution in [0.4, 0.5) is 0 Å². The van der Waals surface area contributed by atoms with Gasteiger partial charge in [0.05, 0.1) is 16.7 Å². The Morgan fingerprint density at radius 3 is 1.41 bits per heavy atom. The van der Waals surface area contributed by atoms with Gasteiger partial charge in [-0.2, -0.15) is 0 Å². The summed E-state index contributed by atoms with van der Waals surface area (Å²) in [6.45, 7) is 1.92. The molecule has 2 aromatic rings. The molecule has 0 atom stereocenters. The molecular weight excluding hydrogens is 288 g/mol. The van der Waals surface area contributed by atoms with Gasteiger partial charge in [-0.15, -0.1) is 0 Å². The summed E-state index contributed by atoms with van der Waals surface area (Å²) >= 11 is 0. The molecule has 0 fully saturated rings. The van der Waals surface area contributed by atoms with Crippen LogP contribution in [0.2, 0.25) is 0 Å². The zero-order valence-electron chi connectivity index (χ0n) is 11.7. The summed E-state index contributed by atoms with van der Waals surface area (Å²) in [5.41, 5.74) is 1.03. The number of carboxylic acids is 3.